The van der Waals surface area contributed by atoms with Crippen molar-refractivity contribution in [2.45, 2.75) is 12.3 Å². The lowest BCUT2D eigenvalue weighted by molar-refractivity contribution is -0.384. The number of aryl methyl sites for hydroxylation is 1. The first-order chi connectivity index (χ1) is 10.0. The predicted molar refractivity (Wildman–Crippen MR) is 84.9 cm³/mol. The molecule has 0 radical (unpaired) electrons. The Morgan fingerprint density at radius 2 is 2.00 bits per heavy atom. The van der Waals surface area contributed by atoms with E-state index in [-0.39, 0.29) is 11.6 Å². The van der Waals surface area contributed by atoms with Crippen LogP contribution < -0.4 is 5.32 Å². The van der Waals surface area contributed by atoms with Crippen LogP contribution >= 0.6 is 15.9 Å². The predicted octanol–water partition coefficient (Wildman–Crippen LogP) is 4.05. The lowest BCUT2D eigenvalue weighted by Gasteiger charge is -2.10. The molecule has 0 fully saturated rings. The molecule has 0 saturated carbocycles. The number of benzene rings is 2. The van der Waals surface area contributed by atoms with Gasteiger partial charge in [-0.3, -0.25) is 14.9 Å². The molecule has 108 valence electrons. The third kappa shape index (κ3) is 3.46. The fraction of sp³-hybridized carbons (Fsp3) is 0.133. The molecule has 6 heteroatoms. The Bertz CT molecular complexity index is 701. The highest BCUT2D eigenvalue weighted by Crippen LogP contribution is 2.21. The van der Waals surface area contributed by atoms with Gasteiger partial charge in [0, 0.05) is 28.7 Å². The number of carbonyl (C=O) groups excluding carboxylic acids is 1. The first-order valence-electron chi connectivity index (χ1n) is 6.23. The van der Waals surface area contributed by atoms with E-state index in [0.717, 1.165) is 5.56 Å². The normalized spacial score (nSPS) is 10.2. The summed E-state index contributed by atoms with van der Waals surface area (Å²) in [7, 11) is 0. The zero-order chi connectivity index (χ0) is 15.4. The number of amides is 1. The summed E-state index contributed by atoms with van der Waals surface area (Å²) in [6, 6.07) is 11.6. The highest BCUT2D eigenvalue weighted by atomic mass is 79.9. The summed E-state index contributed by atoms with van der Waals surface area (Å²) in [6.45, 7) is 1.75. The van der Waals surface area contributed by atoms with Gasteiger partial charge < -0.3 is 5.32 Å². The van der Waals surface area contributed by atoms with Gasteiger partial charge in [-0.2, -0.15) is 0 Å². The van der Waals surface area contributed by atoms with Crippen LogP contribution in [0.1, 0.15) is 21.5 Å². The van der Waals surface area contributed by atoms with Crippen LogP contribution in [0.15, 0.2) is 42.5 Å². The van der Waals surface area contributed by atoms with Gasteiger partial charge in [0.05, 0.1) is 4.92 Å². The van der Waals surface area contributed by atoms with Crippen molar-refractivity contribution < 1.29 is 9.72 Å². The molecule has 0 spiro atoms. The van der Waals surface area contributed by atoms with E-state index in [2.05, 4.69) is 21.2 Å². The maximum Gasteiger partial charge on any atom is 0.270 e. The van der Waals surface area contributed by atoms with Gasteiger partial charge in [-0.1, -0.05) is 40.2 Å². The van der Waals surface area contributed by atoms with Crippen molar-refractivity contribution in [3.05, 3.63) is 69.3 Å². The van der Waals surface area contributed by atoms with Crippen LogP contribution in [0.4, 0.5) is 11.4 Å². The number of hydrogen-bond donors (Lipinski definition) is 1. The van der Waals surface area contributed by atoms with Gasteiger partial charge in [0.15, 0.2) is 0 Å². The summed E-state index contributed by atoms with van der Waals surface area (Å²) in [5, 5.41) is 14.2. The highest BCUT2D eigenvalue weighted by Gasteiger charge is 2.15. The van der Waals surface area contributed by atoms with Gasteiger partial charge in [-0.05, 0) is 24.1 Å². The Kier molecular flexibility index (Phi) is 4.70. The monoisotopic (exact) mass is 348 g/mol. The summed E-state index contributed by atoms with van der Waals surface area (Å²) in [4.78, 5) is 22.6. The van der Waals surface area contributed by atoms with Crippen molar-refractivity contribution in [2.24, 2.45) is 0 Å². The molecule has 1 amide bonds. The first-order valence-corrected chi connectivity index (χ1v) is 7.35. The van der Waals surface area contributed by atoms with Gasteiger partial charge in [-0.25, -0.2) is 0 Å². The van der Waals surface area contributed by atoms with Crippen LogP contribution in [0, 0.1) is 17.0 Å². The molecule has 0 saturated heterocycles. The highest BCUT2D eigenvalue weighted by molar-refractivity contribution is 9.08. The number of nitrogens with zero attached hydrogens (tertiary/aromatic N) is 1. The number of alkyl halides is 1. The Morgan fingerprint density at radius 3 is 2.67 bits per heavy atom. The van der Waals surface area contributed by atoms with Gasteiger partial charge in [0.25, 0.3) is 11.6 Å². The lowest BCUT2D eigenvalue weighted by Crippen LogP contribution is -2.14. The summed E-state index contributed by atoms with van der Waals surface area (Å²) >= 11 is 3.36. The van der Waals surface area contributed by atoms with E-state index >= 15 is 0 Å². The number of nitro groups is 1. The number of halogens is 1. The summed E-state index contributed by atoms with van der Waals surface area (Å²) in [6.07, 6.45) is 0. The zero-order valence-corrected chi connectivity index (χ0v) is 12.9. The zero-order valence-electron chi connectivity index (χ0n) is 11.3. The van der Waals surface area contributed by atoms with Crippen LogP contribution in [-0.4, -0.2) is 10.8 Å². The quantitative estimate of drug-likeness (QED) is 0.514. The van der Waals surface area contributed by atoms with E-state index in [4.69, 9.17) is 0 Å². The number of carbonyl (C=O) groups is 1. The topological polar surface area (TPSA) is 72.2 Å². The van der Waals surface area contributed by atoms with Crippen LogP contribution in [0.5, 0.6) is 0 Å². The third-order valence-corrected chi connectivity index (χ3v) is 3.69. The molecular formula is C15H13BrN2O3. The molecule has 0 aliphatic rings. The average molecular weight is 349 g/mol. The molecule has 0 unspecified atom stereocenters. The Morgan fingerprint density at radius 1 is 1.29 bits per heavy atom. The van der Waals surface area contributed by atoms with Crippen LogP contribution in [0.3, 0.4) is 0 Å². The minimum absolute atomic E-state index is 0.0977. The second kappa shape index (κ2) is 6.49. The number of anilines is 1. The average Bonchev–Trinajstić information content (AvgIpc) is 2.47. The summed E-state index contributed by atoms with van der Waals surface area (Å²) < 4.78 is 0. The van der Waals surface area contributed by atoms with Gasteiger partial charge in [0.1, 0.15) is 0 Å². The number of nitro benzene ring substituents is 1. The van der Waals surface area contributed by atoms with Crippen molar-refractivity contribution in [1.29, 1.82) is 0 Å². The molecule has 0 aliphatic carbocycles. The molecule has 2 aromatic rings. The van der Waals surface area contributed by atoms with E-state index < -0.39 is 4.92 Å². The second-order valence-corrected chi connectivity index (χ2v) is 5.06. The minimum Gasteiger partial charge on any atom is -0.322 e. The van der Waals surface area contributed by atoms with E-state index in [0.29, 0.717) is 22.1 Å². The standard InChI is InChI=1S/C15H13BrN2O3/c1-10-6-7-12(18(20)21)8-13(10)15(19)17-14-5-3-2-4-11(14)9-16/h2-8H,9H2,1H3,(H,17,19). The van der Waals surface area contributed by atoms with E-state index in [9.17, 15) is 14.9 Å². The molecule has 0 aliphatic heterocycles. The Hall–Kier alpha value is -2.21. The second-order valence-electron chi connectivity index (χ2n) is 4.50. The molecule has 1 N–H and O–H groups in total. The molecule has 0 heterocycles. The SMILES string of the molecule is Cc1ccc([N+](=O)[O-])cc1C(=O)Nc1ccccc1CBr. The minimum atomic E-state index is -0.511. The maximum atomic E-state index is 12.3. The fourth-order valence-corrected chi connectivity index (χ4v) is 2.41. The number of para-hydroxylation sites is 1. The van der Waals surface area contributed by atoms with Crippen molar-refractivity contribution in [3.8, 4) is 0 Å². The largest absolute Gasteiger partial charge is 0.322 e. The number of hydrogen-bond acceptors (Lipinski definition) is 3. The van der Waals surface area contributed by atoms with Crippen LogP contribution in [-0.2, 0) is 5.33 Å². The van der Waals surface area contributed by atoms with Crippen molar-refractivity contribution >= 4 is 33.2 Å². The molecular weight excluding hydrogens is 336 g/mol. The van der Waals surface area contributed by atoms with Crippen LogP contribution in [0.2, 0.25) is 0 Å². The van der Waals surface area contributed by atoms with Gasteiger partial charge in [0.2, 0.25) is 0 Å². The molecule has 21 heavy (non-hydrogen) atoms. The van der Waals surface area contributed by atoms with Crippen molar-refractivity contribution in [2.75, 3.05) is 5.32 Å². The van der Waals surface area contributed by atoms with Crippen molar-refractivity contribution in [3.63, 3.8) is 0 Å². The first kappa shape index (κ1) is 15.2. The molecule has 0 aromatic heterocycles. The van der Waals surface area contributed by atoms with E-state index in [1.165, 1.54) is 12.1 Å². The molecule has 2 aromatic carbocycles. The summed E-state index contributed by atoms with van der Waals surface area (Å²) in [5.74, 6) is -0.357. The number of rotatable bonds is 4. The number of nitrogens with one attached hydrogen (secondary N) is 1. The maximum absolute atomic E-state index is 12.3. The summed E-state index contributed by atoms with van der Waals surface area (Å²) in [5.41, 5.74) is 2.52. The molecule has 0 bridgehead atoms. The Labute approximate surface area is 130 Å². The molecule has 0 atom stereocenters. The third-order valence-electron chi connectivity index (χ3n) is 3.09. The smallest absolute Gasteiger partial charge is 0.270 e. The number of non-ortho nitro benzene ring substituents is 1. The fourth-order valence-electron chi connectivity index (χ4n) is 1.92. The van der Waals surface area contributed by atoms with Crippen molar-refractivity contribution in [1.82, 2.24) is 0 Å². The van der Waals surface area contributed by atoms with Gasteiger partial charge >= 0.3 is 0 Å². The molecule has 2 rings (SSSR count). The van der Waals surface area contributed by atoms with E-state index in [1.54, 1.807) is 19.1 Å². The van der Waals surface area contributed by atoms with Crippen LogP contribution in [0.25, 0.3) is 0 Å². The molecule has 5 nitrogen and oxygen atoms in total. The van der Waals surface area contributed by atoms with Gasteiger partial charge in [-0.15, -0.1) is 0 Å². The lowest BCUT2D eigenvalue weighted by atomic mass is 10.1. The van der Waals surface area contributed by atoms with E-state index in [1.807, 2.05) is 18.2 Å². The Balaban J connectivity index is 2.32.